The second kappa shape index (κ2) is 7.36. The van der Waals surface area contributed by atoms with Gasteiger partial charge >= 0.3 is 5.97 Å². The zero-order chi connectivity index (χ0) is 11.0. The average molecular weight is 199 g/mol. The molecule has 0 aromatic heterocycles. The number of carboxylic acid groups (broad SMARTS) is 1. The number of nitrogens with one attached hydrogen (secondary N) is 1. The van der Waals surface area contributed by atoms with E-state index in [1.54, 1.807) is 0 Å². The molecule has 0 saturated carbocycles. The lowest BCUT2D eigenvalue weighted by atomic mass is 10.1. The van der Waals surface area contributed by atoms with E-state index in [9.17, 15) is 4.79 Å². The largest absolute Gasteiger partial charge is 0.480 e. The predicted molar refractivity (Wildman–Crippen MR) is 54.0 cm³/mol. The van der Waals surface area contributed by atoms with Crippen molar-refractivity contribution in [2.45, 2.75) is 31.8 Å². The van der Waals surface area contributed by atoms with E-state index in [0.717, 1.165) is 12.8 Å². The van der Waals surface area contributed by atoms with Gasteiger partial charge in [-0.15, -0.1) is 6.42 Å². The van der Waals surface area contributed by atoms with Gasteiger partial charge in [-0.2, -0.15) is 0 Å². The Morgan fingerprint density at radius 1 is 1.71 bits per heavy atom. The van der Waals surface area contributed by atoms with E-state index in [2.05, 4.69) is 11.2 Å². The van der Waals surface area contributed by atoms with E-state index < -0.39 is 12.0 Å². The molecule has 0 fully saturated rings. The van der Waals surface area contributed by atoms with Crippen molar-refractivity contribution < 1.29 is 14.6 Å². The van der Waals surface area contributed by atoms with Crippen LogP contribution in [0.25, 0.3) is 0 Å². The fourth-order valence-corrected chi connectivity index (χ4v) is 1.10. The minimum atomic E-state index is -0.941. The Balaban J connectivity index is 4.12. The first-order valence-electron chi connectivity index (χ1n) is 4.59. The summed E-state index contributed by atoms with van der Waals surface area (Å²) in [6.07, 6.45) is 6.94. The Labute approximate surface area is 84.6 Å². The summed E-state index contributed by atoms with van der Waals surface area (Å²) in [5.74, 6) is 1.58. The standard InChI is InChI=1S/C10H17NO3/c1-4-6-8(5-2)11-9(7-14-3)10(12)13/h2,8-9,11H,4,6-7H2,1,3H3,(H,12,13). The van der Waals surface area contributed by atoms with Gasteiger partial charge < -0.3 is 9.84 Å². The molecule has 0 bridgehead atoms. The number of methoxy groups -OCH3 is 1. The molecule has 0 aromatic rings. The summed E-state index contributed by atoms with van der Waals surface area (Å²) < 4.78 is 4.78. The van der Waals surface area contributed by atoms with Gasteiger partial charge in [0.15, 0.2) is 0 Å². The van der Waals surface area contributed by atoms with Gasteiger partial charge in [0.25, 0.3) is 0 Å². The van der Waals surface area contributed by atoms with Crippen LogP contribution in [-0.2, 0) is 9.53 Å². The number of ether oxygens (including phenoxy) is 1. The Kier molecular flexibility index (Phi) is 6.81. The van der Waals surface area contributed by atoms with Gasteiger partial charge in [-0.3, -0.25) is 10.1 Å². The van der Waals surface area contributed by atoms with Crippen LogP contribution in [0.2, 0.25) is 0 Å². The van der Waals surface area contributed by atoms with Crippen molar-refractivity contribution in [2.75, 3.05) is 13.7 Å². The van der Waals surface area contributed by atoms with Crippen molar-refractivity contribution in [3.8, 4) is 12.3 Å². The van der Waals surface area contributed by atoms with Gasteiger partial charge in [0.1, 0.15) is 6.04 Å². The third-order valence-electron chi connectivity index (χ3n) is 1.81. The number of rotatable bonds is 7. The highest BCUT2D eigenvalue weighted by Crippen LogP contribution is 1.97. The summed E-state index contributed by atoms with van der Waals surface area (Å²) in [6.45, 7) is 2.12. The van der Waals surface area contributed by atoms with Gasteiger partial charge in [0, 0.05) is 7.11 Å². The molecule has 0 aromatic carbocycles. The molecule has 0 rings (SSSR count). The monoisotopic (exact) mass is 199 g/mol. The second-order valence-corrected chi connectivity index (χ2v) is 3.02. The van der Waals surface area contributed by atoms with Gasteiger partial charge in [0.2, 0.25) is 0 Å². The van der Waals surface area contributed by atoms with Crippen LogP contribution in [0.5, 0.6) is 0 Å². The normalized spacial score (nSPS) is 14.4. The molecular formula is C10H17NO3. The van der Waals surface area contributed by atoms with Gasteiger partial charge in [-0.25, -0.2) is 0 Å². The predicted octanol–water partition coefficient (Wildman–Crippen LogP) is 0.477. The zero-order valence-corrected chi connectivity index (χ0v) is 8.62. The molecule has 0 aliphatic rings. The number of hydrogen-bond donors (Lipinski definition) is 2. The fraction of sp³-hybridized carbons (Fsp3) is 0.700. The maximum absolute atomic E-state index is 10.7. The van der Waals surface area contributed by atoms with Gasteiger partial charge in [-0.05, 0) is 6.42 Å². The molecular weight excluding hydrogens is 182 g/mol. The molecule has 14 heavy (non-hydrogen) atoms. The third-order valence-corrected chi connectivity index (χ3v) is 1.81. The van der Waals surface area contributed by atoms with E-state index in [1.165, 1.54) is 7.11 Å². The van der Waals surface area contributed by atoms with Crippen LogP contribution < -0.4 is 5.32 Å². The summed E-state index contributed by atoms with van der Waals surface area (Å²) in [7, 11) is 1.46. The Hall–Kier alpha value is -1.05. The van der Waals surface area contributed by atoms with E-state index in [-0.39, 0.29) is 12.6 Å². The van der Waals surface area contributed by atoms with Crippen molar-refractivity contribution in [1.29, 1.82) is 0 Å². The summed E-state index contributed by atoms with van der Waals surface area (Å²) >= 11 is 0. The molecule has 0 aliphatic heterocycles. The molecule has 0 radical (unpaired) electrons. The smallest absolute Gasteiger partial charge is 0.323 e. The summed E-state index contributed by atoms with van der Waals surface area (Å²) in [6, 6.07) is -0.927. The Morgan fingerprint density at radius 2 is 2.36 bits per heavy atom. The van der Waals surface area contributed by atoms with Crippen LogP contribution in [0.1, 0.15) is 19.8 Å². The van der Waals surface area contributed by atoms with Gasteiger partial charge in [0.05, 0.1) is 12.6 Å². The number of hydrogen-bond acceptors (Lipinski definition) is 3. The average Bonchev–Trinajstić information content (AvgIpc) is 2.15. The van der Waals surface area contributed by atoms with Crippen LogP contribution in [0.4, 0.5) is 0 Å². The third kappa shape index (κ3) is 4.85. The molecule has 0 aliphatic carbocycles. The van der Waals surface area contributed by atoms with E-state index >= 15 is 0 Å². The Bertz CT molecular complexity index is 210. The lowest BCUT2D eigenvalue weighted by Gasteiger charge is -2.18. The summed E-state index contributed by atoms with van der Waals surface area (Å²) in [4.78, 5) is 10.7. The molecule has 0 saturated heterocycles. The lowest BCUT2D eigenvalue weighted by molar-refractivity contribution is -0.141. The molecule has 4 heteroatoms. The molecule has 80 valence electrons. The topological polar surface area (TPSA) is 58.6 Å². The maximum Gasteiger partial charge on any atom is 0.323 e. The van der Waals surface area contributed by atoms with E-state index in [0.29, 0.717) is 0 Å². The molecule has 4 nitrogen and oxygen atoms in total. The summed E-state index contributed by atoms with van der Waals surface area (Å²) in [5.41, 5.74) is 0. The maximum atomic E-state index is 10.7. The fourth-order valence-electron chi connectivity index (χ4n) is 1.10. The Morgan fingerprint density at radius 3 is 2.71 bits per heavy atom. The SMILES string of the molecule is C#CC(CCC)NC(COC)C(=O)O. The first kappa shape index (κ1) is 12.9. The number of aliphatic carboxylic acids is 1. The molecule has 2 N–H and O–H groups in total. The van der Waals surface area contributed by atoms with Crippen LogP contribution in [0.3, 0.4) is 0 Å². The quantitative estimate of drug-likeness (QED) is 0.585. The van der Waals surface area contributed by atoms with Gasteiger partial charge in [-0.1, -0.05) is 19.3 Å². The molecule has 0 amide bonds. The summed E-state index contributed by atoms with van der Waals surface area (Å²) in [5, 5.41) is 11.7. The lowest BCUT2D eigenvalue weighted by Crippen LogP contribution is -2.45. The number of carbonyl (C=O) groups is 1. The van der Waals surface area contributed by atoms with E-state index in [4.69, 9.17) is 16.3 Å². The van der Waals surface area contributed by atoms with E-state index in [1.807, 2.05) is 6.92 Å². The highest BCUT2D eigenvalue weighted by molar-refractivity contribution is 5.73. The van der Waals surface area contributed by atoms with Crippen molar-refractivity contribution in [1.82, 2.24) is 5.32 Å². The van der Waals surface area contributed by atoms with Crippen LogP contribution >= 0.6 is 0 Å². The minimum Gasteiger partial charge on any atom is -0.480 e. The van der Waals surface area contributed by atoms with Crippen molar-refractivity contribution in [3.05, 3.63) is 0 Å². The van der Waals surface area contributed by atoms with Crippen LogP contribution in [0, 0.1) is 12.3 Å². The number of carboxylic acids is 1. The highest BCUT2D eigenvalue weighted by atomic mass is 16.5. The minimum absolute atomic E-state index is 0.122. The molecule has 2 unspecified atom stereocenters. The first-order valence-corrected chi connectivity index (χ1v) is 4.59. The highest BCUT2D eigenvalue weighted by Gasteiger charge is 2.19. The molecule has 2 atom stereocenters. The number of terminal acetylenes is 1. The first-order chi connectivity index (χ1) is 6.65. The van der Waals surface area contributed by atoms with Crippen LogP contribution in [-0.4, -0.2) is 36.9 Å². The van der Waals surface area contributed by atoms with Crippen molar-refractivity contribution >= 4 is 5.97 Å². The van der Waals surface area contributed by atoms with Crippen molar-refractivity contribution in [3.63, 3.8) is 0 Å². The van der Waals surface area contributed by atoms with Crippen LogP contribution in [0.15, 0.2) is 0 Å². The zero-order valence-electron chi connectivity index (χ0n) is 8.62. The molecule has 0 heterocycles. The second-order valence-electron chi connectivity index (χ2n) is 3.02. The van der Waals surface area contributed by atoms with Crippen molar-refractivity contribution in [2.24, 2.45) is 0 Å². The molecule has 0 spiro atoms.